The standard InChI is InChI=1S/C16H23NO/c1-12(2)14-7-5-6-8-15(14)17-11-13(18)9-10-16(17,3)4/h5-8,12H,9-11H2,1-4H3. The van der Waals surface area contributed by atoms with Crippen LogP contribution in [-0.2, 0) is 4.79 Å². The normalized spacial score (nSPS) is 19.4. The number of piperidine rings is 1. The highest BCUT2D eigenvalue weighted by Crippen LogP contribution is 2.35. The smallest absolute Gasteiger partial charge is 0.152 e. The van der Waals surface area contributed by atoms with Gasteiger partial charge in [-0.15, -0.1) is 0 Å². The zero-order valence-electron chi connectivity index (χ0n) is 11.9. The molecule has 0 radical (unpaired) electrons. The van der Waals surface area contributed by atoms with Gasteiger partial charge >= 0.3 is 0 Å². The Bertz CT molecular complexity index is 448. The quantitative estimate of drug-likeness (QED) is 0.790. The van der Waals surface area contributed by atoms with Crippen LogP contribution >= 0.6 is 0 Å². The number of Topliss-reactive ketones (excluding diaryl/α,β-unsaturated/α-hetero) is 1. The number of rotatable bonds is 2. The number of carbonyl (C=O) groups excluding carboxylic acids is 1. The first-order chi connectivity index (χ1) is 8.42. The molecule has 0 N–H and O–H groups in total. The van der Waals surface area contributed by atoms with Gasteiger partial charge in [0.25, 0.3) is 0 Å². The lowest BCUT2D eigenvalue weighted by Gasteiger charge is -2.44. The van der Waals surface area contributed by atoms with Crippen molar-refractivity contribution in [3.8, 4) is 0 Å². The molecule has 0 atom stereocenters. The molecule has 0 aromatic heterocycles. The van der Waals surface area contributed by atoms with E-state index in [0.717, 1.165) is 6.42 Å². The maximum atomic E-state index is 11.8. The van der Waals surface area contributed by atoms with Gasteiger partial charge in [0.1, 0.15) is 0 Å². The lowest BCUT2D eigenvalue weighted by atomic mass is 9.87. The van der Waals surface area contributed by atoms with E-state index in [9.17, 15) is 4.79 Å². The molecule has 2 heteroatoms. The van der Waals surface area contributed by atoms with Crippen molar-refractivity contribution in [2.24, 2.45) is 0 Å². The minimum absolute atomic E-state index is 0.0684. The van der Waals surface area contributed by atoms with Crippen LogP contribution in [0.25, 0.3) is 0 Å². The average Bonchev–Trinajstić information content (AvgIpc) is 2.32. The fourth-order valence-electron chi connectivity index (χ4n) is 2.68. The van der Waals surface area contributed by atoms with Crippen LogP contribution < -0.4 is 4.90 Å². The Kier molecular flexibility index (Phi) is 3.47. The predicted octanol–water partition coefficient (Wildman–Crippen LogP) is 3.76. The Balaban J connectivity index is 2.43. The summed E-state index contributed by atoms with van der Waals surface area (Å²) in [6.07, 6.45) is 1.66. The van der Waals surface area contributed by atoms with Gasteiger partial charge in [-0.25, -0.2) is 0 Å². The zero-order valence-corrected chi connectivity index (χ0v) is 11.9. The third-order valence-corrected chi connectivity index (χ3v) is 3.93. The summed E-state index contributed by atoms with van der Waals surface area (Å²) >= 11 is 0. The van der Waals surface area contributed by atoms with Crippen molar-refractivity contribution in [2.45, 2.75) is 52.0 Å². The van der Waals surface area contributed by atoms with Crippen LogP contribution in [-0.4, -0.2) is 17.9 Å². The maximum Gasteiger partial charge on any atom is 0.152 e. The van der Waals surface area contributed by atoms with Crippen LogP contribution in [0.5, 0.6) is 0 Å². The summed E-state index contributed by atoms with van der Waals surface area (Å²) in [4.78, 5) is 14.1. The van der Waals surface area contributed by atoms with Crippen molar-refractivity contribution in [2.75, 3.05) is 11.4 Å². The van der Waals surface area contributed by atoms with E-state index < -0.39 is 0 Å². The third-order valence-electron chi connectivity index (χ3n) is 3.93. The number of carbonyl (C=O) groups is 1. The van der Waals surface area contributed by atoms with Gasteiger partial charge in [0.15, 0.2) is 5.78 Å². The summed E-state index contributed by atoms with van der Waals surface area (Å²) in [6, 6.07) is 8.47. The van der Waals surface area contributed by atoms with E-state index in [2.05, 4.69) is 56.9 Å². The third kappa shape index (κ3) is 2.43. The molecule has 0 aliphatic carbocycles. The fourth-order valence-corrected chi connectivity index (χ4v) is 2.68. The molecule has 18 heavy (non-hydrogen) atoms. The second kappa shape index (κ2) is 4.75. The van der Waals surface area contributed by atoms with E-state index >= 15 is 0 Å². The minimum atomic E-state index is 0.0684. The molecule has 0 amide bonds. The Hall–Kier alpha value is -1.31. The molecule has 2 nitrogen and oxygen atoms in total. The van der Waals surface area contributed by atoms with Gasteiger partial charge in [-0.05, 0) is 37.8 Å². The lowest BCUT2D eigenvalue weighted by Crippen LogP contribution is -2.51. The highest BCUT2D eigenvalue weighted by atomic mass is 16.1. The van der Waals surface area contributed by atoms with E-state index in [1.807, 2.05) is 0 Å². The summed E-state index contributed by atoms with van der Waals surface area (Å²) in [5, 5.41) is 0. The largest absolute Gasteiger partial charge is 0.359 e. The Morgan fingerprint density at radius 1 is 1.22 bits per heavy atom. The van der Waals surface area contributed by atoms with Gasteiger partial charge in [0.2, 0.25) is 0 Å². The molecule has 0 bridgehead atoms. The highest BCUT2D eigenvalue weighted by Gasteiger charge is 2.34. The number of hydrogen-bond acceptors (Lipinski definition) is 2. The summed E-state index contributed by atoms with van der Waals surface area (Å²) < 4.78 is 0. The SMILES string of the molecule is CC(C)c1ccccc1N1CC(=O)CCC1(C)C. The number of hydrogen-bond donors (Lipinski definition) is 0. The van der Waals surface area contributed by atoms with E-state index in [-0.39, 0.29) is 5.54 Å². The Morgan fingerprint density at radius 2 is 1.89 bits per heavy atom. The molecule has 1 aromatic carbocycles. The lowest BCUT2D eigenvalue weighted by molar-refractivity contribution is -0.119. The average molecular weight is 245 g/mol. The predicted molar refractivity (Wildman–Crippen MR) is 76.2 cm³/mol. The van der Waals surface area contributed by atoms with Crippen LogP contribution in [0.1, 0.15) is 52.0 Å². The van der Waals surface area contributed by atoms with Crippen LogP contribution in [0, 0.1) is 0 Å². The molecule has 1 saturated heterocycles. The van der Waals surface area contributed by atoms with Gasteiger partial charge in [-0.1, -0.05) is 32.0 Å². The number of para-hydroxylation sites is 1. The van der Waals surface area contributed by atoms with Crippen molar-refractivity contribution in [1.29, 1.82) is 0 Å². The van der Waals surface area contributed by atoms with Crippen molar-refractivity contribution in [3.05, 3.63) is 29.8 Å². The van der Waals surface area contributed by atoms with Crippen LogP contribution in [0.2, 0.25) is 0 Å². The molecule has 1 fully saturated rings. The molecule has 1 aromatic rings. The molecule has 1 aliphatic rings. The molecular weight excluding hydrogens is 222 g/mol. The molecule has 98 valence electrons. The first kappa shape index (κ1) is 13.1. The van der Waals surface area contributed by atoms with Crippen LogP contribution in [0.4, 0.5) is 5.69 Å². The summed E-state index contributed by atoms with van der Waals surface area (Å²) in [5.41, 5.74) is 2.63. The molecule has 0 saturated carbocycles. The summed E-state index contributed by atoms with van der Waals surface area (Å²) in [5.74, 6) is 0.835. The molecule has 0 spiro atoms. The summed E-state index contributed by atoms with van der Waals surface area (Å²) in [7, 11) is 0. The van der Waals surface area contributed by atoms with Crippen molar-refractivity contribution in [3.63, 3.8) is 0 Å². The summed E-state index contributed by atoms with van der Waals surface area (Å²) in [6.45, 7) is 9.43. The molecule has 0 unspecified atom stereocenters. The monoisotopic (exact) mass is 245 g/mol. The topological polar surface area (TPSA) is 20.3 Å². The molecule has 2 rings (SSSR count). The van der Waals surface area contributed by atoms with Crippen LogP contribution in [0.3, 0.4) is 0 Å². The van der Waals surface area contributed by atoms with E-state index in [0.29, 0.717) is 24.7 Å². The number of ketones is 1. The van der Waals surface area contributed by atoms with E-state index in [1.165, 1.54) is 11.3 Å². The number of benzene rings is 1. The minimum Gasteiger partial charge on any atom is -0.359 e. The van der Waals surface area contributed by atoms with E-state index in [1.54, 1.807) is 0 Å². The van der Waals surface area contributed by atoms with Gasteiger partial charge in [0, 0.05) is 17.6 Å². The van der Waals surface area contributed by atoms with Gasteiger partial charge in [0.05, 0.1) is 6.54 Å². The van der Waals surface area contributed by atoms with Gasteiger partial charge in [-0.3, -0.25) is 4.79 Å². The number of nitrogens with zero attached hydrogens (tertiary/aromatic N) is 1. The van der Waals surface area contributed by atoms with Crippen molar-refractivity contribution >= 4 is 11.5 Å². The Labute approximate surface area is 110 Å². The van der Waals surface area contributed by atoms with Crippen molar-refractivity contribution in [1.82, 2.24) is 0 Å². The first-order valence-corrected chi connectivity index (χ1v) is 6.80. The highest BCUT2D eigenvalue weighted by molar-refractivity contribution is 5.85. The molecular formula is C16H23NO. The maximum absolute atomic E-state index is 11.8. The van der Waals surface area contributed by atoms with Crippen molar-refractivity contribution < 1.29 is 4.79 Å². The second-order valence-electron chi connectivity index (χ2n) is 6.15. The van der Waals surface area contributed by atoms with E-state index in [4.69, 9.17) is 0 Å². The number of anilines is 1. The zero-order chi connectivity index (χ0) is 13.3. The fraction of sp³-hybridized carbons (Fsp3) is 0.562. The van der Waals surface area contributed by atoms with Gasteiger partial charge < -0.3 is 4.90 Å². The molecule has 1 aliphatic heterocycles. The molecule has 1 heterocycles. The Morgan fingerprint density at radius 3 is 2.56 bits per heavy atom. The first-order valence-electron chi connectivity index (χ1n) is 6.80. The van der Waals surface area contributed by atoms with Crippen LogP contribution in [0.15, 0.2) is 24.3 Å². The van der Waals surface area contributed by atoms with Gasteiger partial charge in [-0.2, -0.15) is 0 Å². The second-order valence-corrected chi connectivity index (χ2v) is 6.15.